The van der Waals surface area contributed by atoms with Gasteiger partial charge in [0.1, 0.15) is 5.75 Å². The molecule has 2 aromatic heterocycles. The number of rotatable bonds is 5. The van der Waals surface area contributed by atoms with Crippen LogP contribution >= 0.6 is 11.3 Å². The lowest BCUT2D eigenvalue weighted by atomic mass is 9.94. The molecule has 0 aliphatic heterocycles. The minimum absolute atomic E-state index is 0.674. The Morgan fingerprint density at radius 1 is 0.931 bits per heavy atom. The topological polar surface area (TPSA) is 47.0 Å². The van der Waals surface area contributed by atoms with Crippen molar-refractivity contribution >= 4 is 37.9 Å². The molecule has 4 aromatic rings. The van der Waals surface area contributed by atoms with Crippen molar-refractivity contribution in [1.82, 2.24) is 9.97 Å². The smallest absolute Gasteiger partial charge is 0.226 e. The Morgan fingerprint density at radius 2 is 1.83 bits per heavy atom. The third-order valence-electron chi connectivity index (χ3n) is 5.02. The predicted octanol–water partition coefficient (Wildman–Crippen LogP) is 7.18. The first kappa shape index (κ1) is 17.9. The molecule has 0 bridgehead atoms. The van der Waals surface area contributed by atoms with Gasteiger partial charge in [0.05, 0.1) is 10.2 Å². The second-order valence-corrected chi connectivity index (χ2v) is 8.10. The second-order valence-electron chi connectivity index (χ2n) is 7.07. The summed E-state index contributed by atoms with van der Waals surface area (Å²) in [7, 11) is 0. The van der Waals surface area contributed by atoms with Gasteiger partial charge in [0, 0.05) is 17.4 Å². The van der Waals surface area contributed by atoms with Crippen LogP contribution in [0.1, 0.15) is 31.2 Å². The van der Waals surface area contributed by atoms with Crippen LogP contribution in [0.25, 0.3) is 15.8 Å². The zero-order valence-corrected chi connectivity index (χ0v) is 16.8. The Kier molecular flexibility index (Phi) is 4.97. The highest BCUT2D eigenvalue weighted by Gasteiger charge is 2.13. The van der Waals surface area contributed by atoms with E-state index in [1.165, 1.54) is 23.1 Å². The number of ether oxygens (including phenoxy) is 1. The van der Waals surface area contributed by atoms with Crippen LogP contribution in [0, 0.1) is 0 Å². The molecule has 5 rings (SSSR count). The van der Waals surface area contributed by atoms with E-state index in [2.05, 4.69) is 33.5 Å². The maximum Gasteiger partial charge on any atom is 0.226 e. The molecular weight excluding hydrogens is 378 g/mol. The van der Waals surface area contributed by atoms with Crippen molar-refractivity contribution in [3.05, 3.63) is 78.5 Å². The predicted molar refractivity (Wildman–Crippen MR) is 120 cm³/mol. The second kappa shape index (κ2) is 8.05. The summed E-state index contributed by atoms with van der Waals surface area (Å²) < 4.78 is 7.30. The molecule has 0 spiro atoms. The van der Waals surface area contributed by atoms with Crippen molar-refractivity contribution in [2.75, 3.05) is 5.32 Å². The van der Waals surface area contributed by atoms with Crippen LogP contribution in [0.4, 0.5) is 10.8 Å². The molecular formula is C24H21N3OS. The van der Waals surface area contributed by atoms with Crippen molar-refractivity contribution < 1.29 is 4.74 Å². The normalized spacial score (nSPS) is 13.9. The molecule has 144 valence electrons. The highest BCUT2D eigenvalue weighted by molar-refractivity contribution is 7.22. The lowest BCUT2D eigenvalue weighted by Crippen LogP contribution is -1.97. The van der Waals surface area contributed by atoms with Crippen LogP contribution in [0.3, 0.4) is 0 Å². The van der Waals surface area contributed by atoms with Crippen molar-refractivity contribution in [1.29, 1.82) is 0 Å². The Morgan fingerprint density at radius 3 is 2.66 bits per heavy atom. The summed E-state index contributed by atoms with van der Waals surface area (Å²) in [4.78, 5) is 9.10. The molecule has 0 radical (unpaired) electrons. The molecule has 5 heteroatoms. The highest BCUT2D eigenvalue weighted by atomic mass is 32.1. The summed E-state index contributed by atoms with van der Waals surface area (Å²) in [6.07, 6.45) is 8.82. The van der Waals surface area contributed by atoms with E-state index in [0.29, 0.717) is 5.88 Å². The number of aromatic nitrogens is 2. The Hall–Kier alpha value is -3.18. The molecule has 2 aromatic carbocycles. The molecule has 0 unspecified atom stereocenters. The van der Waals surface area contributed by atoms with Crippen molar-refractivity contribution in [2.24, 2.45) is 0 Å². The summed E-state index contributed by atoms with van der Waals surface area (Å²) in [5.41, 5.74) is 4.43. The van der Waals surface area contributed by atoms with E-state index in [1.807, 2.05) is 48.5 Å². The number of hydrogen-bond acceptors (Lipinski definition) is 5. The summed E-state index contributed by atoms with van der Waals surface area (Å²) in [6.45, 7) is 0. The molecule has 1 aliphatic carbocycles. The van der Waals surface area contributed by atoms with E-state index < -0.39 is 0 Å². The lowest BCUT2D eigenvalue weighted by molar-refractivity contribution is 0.461. The SMILES string of the molecule is C1=C(c2cccnc2Oc2ccc(Nc3nc4ccccc4s3)cc2)CCCC1. The van der Waals surface area contributed by atoms with Crippen LogP contribution in [-0.2, 0) is 0 Å². The summed E-state index contributed by atoms with van der Waals surface area (Å²) in [6, 6.07) is 20.2. The molecule has 2 heterocycles. The first-order valence-corrected chi connectivity index (χ1v) is 10.7. The molecule has 0 saturated heterocycles. The molecule has 4 nitrogen and oxygen atoms in total. The van der Waals surface area contributed by atoms with E-state index in [9.17, 15) is 0 Å². The quantitative estimate of drug-likeness (QED) is 0.386. The minimum Gasteiger partial charge on any atom is -0.438 e. The van der Waals surface area contributed by atoms with Crippen LogP contribution in [0.5, 0.6) is 11.6 Å². The standard InChI is InChI=1S/C24H21N3OS/c1-2-7-17(8-3-1)20-9-6-16-25-23(20)28-19-14-12-18(13-15-19)26-24-27-21-10-4-5-11-22(21)29-24/h4-7,9-16H,1-3,8H2,(H,26,27). The van der Waals surface area contributed by atoms with Gasteiger partial charge in [-0.15, -0.1) is 0 Å². The molecule has 0 saturated carbocycles. The summed E-state index contributed by atoms with van der Waals surface area (Å²) in [5.74, 6) is 1.45. The number of pyridine rings is 1. The summed E-state index contributed by atoms with van der Waals surface area (Å²) in [5, 5.41) is 4.26. The Balaban J connectivity index is 1.33. The maximum absolute atomic E-state index is 6.12. The van der Waals surface area contributed by atoms with E-state index in [0.717, 1.165) is 40.5 Å². The summed E-state index contributed by atoms with van der Waals surface area (Å²) >= 11 is 1.65. The number of fused-ring (bicyclic) bond motifs is 1. The maximum atomic E-state index is 6.12. The van der Waals surface area contributed by atoms with Crippen LogP contribution in [0.2, 0.25) is 0 Å². The van der Waals surface area contributed by atoms with Gasteiger partial charge in [-0.25, -0.2) is 9.97 Å². The molecule has 0 fully saturated rings. The van der Waals surface area contributed by atoms with Gasteiger partial charge in [-0.2, -0.15) is 0 Å². The van der Waals surface area contributed by atoms with Gasteiger partial charge in [-0.1, -0.05) is 29.5 Å². The van der Waals surface area contributed by atoms with E-state index in [-0.39, 0.29) is 0 Å². The van der Waals surface area contributed by atoms with Crippen molar-refractivity contribution in [2.45, 2.75) is 25.7 Å². The van der Waals surface area contributed by atoms with Gasteiger partial charge in [-0.05, 0) is 79.8 Å². The van der Waals surface area contributed by atoms with E-state index in [1.54, 1.807) is 17.5 Å². The molecule has 29 heavy (non-hydrogen) atoms. The molecule has 1 aliphatic rings. The fraction of sp³-hybridized carbons (Fsp3) is 0.167. The number of nitrogens with one attached hydrogen (secondary N) is 1. The van der Waals surface area contributed by atoms with Gasteiger partial charge in [0.2, 0.25) is 5.88 Å². The number of allylic oxidation sites excluding steroid dienone is 2. The van der Waals surface area contributed by atoms with Crippen molar-refractivity contribution in [3.8, 4) is 11.6 Å². The Bertz CT molecular complexity index is 1130. The number of para-hydroxylation sites is 1. The van der Waals surface area contributed by atoms with E-state index >= 15 is 0 Å². The molecule has 0 amide bonds. The van der Waals surface area contributed by atoms with Gasteiger partial charge in [-0.3, -0.25) is 0 Å². The first-order valence-electron chi connectivity index (χ1n) is 9.90. The highest BCUT2D eigenvalue weighted by Crippen LogP contribution is 2.34. The first-order chi connectivity index (χ1) is 14.3. The zero-order valence-electron chi connectivity index (χ0n) is 16.0. The van der Waals surface area contributed by atoms with Crippen molar-refractivity contribution in [3.63, 3.8) is 0 Å². The van der Waals surface area contributed by atoms with Crippen LogP contribution in [-0.4, -0.2) is 9.97 Å². The fourth-order valence-corrected chi connectivity index (χ4v) is 4.45. The van der Waals surface area contributed by atoms with Gasteiger partial charge in [0.25, 0.3) is 0 Å². The number of benzene rings is 2. The third kappa shape index (κ3) is 4.00. The zero-order chi connectivity index (χ0) is 19.5. The van der Waals surface area contributed by atoms with Gasteiger partial charge >= 0.3 is 0 Å². The molecule has 0 atom stereocenters. The average molecular weight is 400 g/mol. The van der Waals surface area contributed by atoms with Crippen LogP contribution < -0.4 is 10.1 Å². The minimum atomic E-state index is 0.674. The number of anilines is 2. The number of thiazole rings is 1. The number of hydrogen-bond donors (Lipinski definition) is 1. The van der Waals surface area contributed by atoms with Crippen LogP contribution in [0.15, 0.2) is 72.9 Å². The Labute approximate surface area is 173 Å². The monoisotopic (exact) mass is 399 g/mol. The lowest BCUT2D eigenvalue weighted by Gasteiger charge is -2.16. The van der Waals surface area contributed by atoms with E-state index in [4.69, 9.17) is 4.74 Å². The van der Waals surface area contributed by atoms with Gasteiger partial charge < -0.3 is 10.1 Å². The largest absolute Gasteiger partial charge is 0.438 e. The average Bonchev–Trinajstić information content (AvgIpc) is 3.18. The number of nitrogens with zero attached hydrogens (tertiary/aromatic N) is 2. The van der Waals surface area contributed by atoms with Gasteiger partial charge in [0.15, 0.2) is 5.13 Å². The fourth-order valence-electron chi connectivity index (χ4n) is 3.57. The third-order valence-corrected chi connectivity index (χ3v) is 5.97. The molecule has 1 N–H and O–H groups in total.